The van der Waals surface area contributed by atoms with Crippen LogP contribution in [-0.2, 0) is 0 Å². The van der Waals surface area contributed by atoms with Crippen molar-refractivity contribution in [3.63, 3.8) is 0 Å². The highest BCUT2D eigenvalue weighted by molar-refractivity contribution is 5.50. The Kier molecular flexibility index (Phi) is 4.26. The molecule has 5 nitrogen and oxygen atoms in total. The second kappa shape index (κ2) is 6.69. The fourth-order valence-corrected chi connectivity index (χ4v) is 3.75. The maximum Gasteiger partial charge on any atom is 0.147 e. The van der Waals surface area contributed by atoms with Crippen molar-refractivity contribution in [2.24, 2.45) is 11.8 Å². The molecule has 2 unspecified atom stereocenters. The molecule has 5 heteroatoms. The number of benzene rings is 1. The summed E-state index contributed by atoms with van der Waals surface area (Å²) in [5.41, 5.74) is 1.15. The van der Waals surface area contributed by atoms with E-state index in [-0.39, 0.29) is 0 Å². The van der Waals surface area contributed by atoms with Crippen molar-refractivity contribution >= 4 is 5.69 Å². The third-order valence-corrected chi connectivity index (χ3v) is 4.83. The monoisotopic (exact) mass is 325 g/mol. The van der Waals surface area contributed by atoms with Gasteiger partial charge >= 0.3 is 0 Å². The lowest BCUT2D eigenvalue weighted by Crippen LogP contribution is -2.51. The highest BCUT2D eigenvalue weighted by Crippen LogP contribution is 2.31. The fraction of sp³-hybridized carbons (Fsp3) is 0.421. The molecule has 0 spiro atoms. The van der Waals surface area contributed by atoms with E-state index in [1.165, 1.54) is 6.42 Å². The Morgan fingerprint density at radius 1 is 1.04 bits per heavy atom. The van der Waals surface area contributed by atoms with Crippen LogP contribution in [0.3, 0.4) is 0 Å². The largest absolute Gasteiger partial charge is 0.497 e. The Balaban J connectivity index is 1.51. The molecule has 0 amide bonds. The number of ether oxygens (including phenoxy) is 2. The Hall–Kier alpha value is -2.27. The topological polar surface area (TPSA) is 46.6 Å². The minimum atomic E-state index is 0.737. The first-order valence-electron chi connectivity index (χ1n) is 8.53. The number of methoxy groups -OCH3 is 1. The zero-order valence-electron chi connectivity index (χ0n) is 13.9. The van der Waals surface area contributed by atoms with Gasteiger partial charge in [0.05, 0.1) is 25.2 Å². The lowest BCUT2D eigenvalue weighted by Gasteiger charge is -2.42. The maximum absolute atomic E-state index is 5.96. The molecule has 2 fully saturated rings. The van der Waals surface area contributed by atoms with Gasteiger partial charge in [0.2, 0.25) is 0 Å². The van der Waals surface area contributed by atoms with Gasteiger partial charge in [-0.1, -0.05) is 6.07 Å². The molecule has 1 N–H and O–H groups in total. The molecule has 1 aromatic carbocycles. The molecule has 2 aliphatic heterocycles. The Labute approximate surface area is 142 Å². The molecule has 2 aliphatic rings. The number of hydrogen-bond acceptors (Lipinski definition) is 5. The van der Waals surface area contributed by atoms with E-state index >= 15 is 0 Å². The van der Waals surface area contributed by atoms with Gasteiger partial charge in [-0.3, -0.25) is 4.98 Å². The minimum Gasteiger partial charge on any atom is -0.497 e. The number of piperidine rings is 2. The molecule has 2 aromatic rings. The summed E-state index contributed by atoms with van der Waals surface area (Å²) in [5.74, 6) is 3.77. The van der Waals surface area contributed by atoms with Crippen LogP contribution >= 0.6 is 0 Å². The smallest absolute Gasteiger partial charge is 0.147 e. The van der Waals surface area contributed by atoms with E-state index in [0.29, 0.717) is 0 Å². The number of fused-ring (bicyclic) bond motifs is 2. The van der Waals surface area contributed by atoms with Crippen LogP contribution in [-0.4, -0.2) is 38.3 Å². The lowest BCUT2D eigenvalue weighted by molar-refractivity contribution is 0.249. The number of anilines is 1. The summed E-state index contributed by atoms with van der Waals surface area (Å²) in [7, 11) is 1.66. The van der Waals surface area contributed by atoms with Crippen LogP contribution < -0.4 is 19.7 Å². The van der Waals surface area contributed by atoms with Crippen LogP contribution in [0.5, 0.6) is 17.2 Å². The van der Waals surface area contributed by atoms with E-state index in [1.54, 1.807) is 13.3 Å². The summed E-state index contributed by atoms with van der Waals surface area (Å²) in [5, 5.41) is 3.53. The third-order valence-electron chi connectivity index (χ3n) is 4.83. The van der Waals surface area contributed by atoms with Crippen LogP contribution in [0.4, 0.5) is 5.69 Å². The van der Waals surface area contributed by atoms with Crippen LogP contribution in [0, 0.1) is 11.8 Å². The van der Waals surface area contributed by atoms with Gasteiger partial charge in [-0.05, 0) is 43.5 Å². The quantitative estimate of drug-likeness (QED) is 0.936. The normalized spacial score (nSPS) is 23.0. The first kappa shape index (κ1) is 15.3. The Bertz CT molecular complexity index is 695. The van der Waals surface area contributed by atoms with Crippen molar-refractivity contribution in [2.45, 2.75) is 6.42 Å². The summed E-state index contributed by atoms with van der Waals surface area (Å²) >= 11 is 0. The van der Waals surface area contributed by atoms with Crippen molar-refractivity contribution in [3.8, 4) is 17.2 Å². The van der Waals surface area contributed by atoms with E-state index in [1.807, 2.05) is 30.5 Å². The SMILES string of the molecule is COc1cccc(Oc2cncc(N3CC4CNCC(C4)C3)c2)c1. The number of nitrogens with zero attached hydrogens (tertiary/aromatic N) is 2. The molecule has 0 radical (unpaired) electrons. The highest BCUT2D eigenvalue weighted by Gasteiger charge is 2.30. The number of nitrogens with one attached hydrogen (secondary N) is 1. The molecular weight excluding hydrogens is 302 g/mol. The number of aromatic nitrogens is 1. The van der Waals surface area contributed by atoms with Crippen molar-refractivity contribution < 1.29 is 9.47 Å². The molecule has 4 rings (SSSR count). The van der Waals surface area contributed by atoms with Gasteiger partial charge in [0.1, 0.15) is 17.2 Å². The van der Waals surface area contributed by atoms with Crippen LogP contribution in [0.2, 0.25) is 0 Å². The molecule has 0 aliphatic carbocycles. The predicted molar refractivity (Wildman–Crippen MR) is 94.0 cm³/mol. The standard InChI is InChI=1S/C19H23N3O2/c1-23-17-3-2-4-18(7-17)24-19-6-16(10-21-11-19)22-12-14-5-15(13-22)9-20-8-14/h2-4,6-7,10-11,14-15,20H,5,8-9,12-13H2,1H3. The molecule has 1 aromatic heterocycles. The van der Waals surface area contributed by atoms with Gasteiger partial charge < -0.3 is 19.7 Å². The van der Waals surface area contributed by atoms with E-state index in [4.69, 9.17) is 9.47 Å². The molecule has 3 heterocycles. The highest BCUT2D eigenvalue weighted by atomic mass is 16.5. The summed E-state index contributed by atoms with van der Waals surface area (Å²) in [4.78, 5) is 6.83. The first-order valence-corrected chi connectivity index (χ1v) is 8.53. The molecule has 126 valence electrons. The number of rotatable bonds is 4. The first-order chi connectivity index (χ1) is 11.8. The van der Waals surface area contributed by atoms with E-state index in [0.717, 1.165) is 61.0 Å². The van der Waals surface area contributed by atoms with Crippen LogP contribution in [0.25, 0.3) is 0 Å². The second-order valence-corrected chi connectivity index (χ2v) is 6.69. The molecule has 2 saturated heterocycles. The average molecular weight is 325 g/mol. The molecule has 2 bridgehead atoms. The van der Waals surface area contributed by atoms with E-state index < -0.39 is 0 Å². The second-order valence-electron chi connectivity index (χ2n) is 6.69. The minimum absolute atomic E-state index is 0.737. The fourth-order valence-electron chi connectivity index (χ4n) is 3.75. The van der Waals surface area contributed by atoms with Gasteiger partial charge in [0.25, 0.3) is 0 Å². The zero-order valence-corrected chi connectivity index (χ0v) is 13.9. The van der Waals surface area contributed by atoms with E-state index in [2.05, 4.69) is 21.3 Å². The van der Waals surface area contributed by atoms with Gasteiger partial charge in [0, 0.05) is 25.2 Å². The van der Waals surface area contributed by atoms with Crippen molar-refractivity contribution in [1.82, 2.24) is 10.3 Å². The van der Waals surface area contributed by atoms with Crippen LogP contribution in [0.15, 0.2) is 42.7 Å². The van der Waals surface area contributed by atoms with Crippen molar-refractivity contribution in [2.75, 3.05) is 38.2 Å². The van der Waals surface area contributed by atoms with Gasteiger partial charge in [-0.25, -0.2) is 0 Å². The molecule has 24 heavy (non-hydrogen) atoms. The summed E-state index contributed by atoms with van der Waals surface area (Å²) in [6.45, 7) is 4.43. The van der Waals surface area contributed by atoms with Gasteiger partial charge in [-0.2, -0.15) is 0 Å². The summed E-state index contributed by atoms with van der Waals surface area (Å²) in [6.07, 6.45) is 5.04. The zero-order chi connectivity index (χ0) is 16.4. The predicted octanol–water partition coefficient (Wildman–Crippen LogP) is 2.93. The van der Waals surface area contributed by atoms with Crippen molar-refractivity contribution in [3.05, 3.63) is 42.7 Å². The third kappa shape index (κ3) is 3.31. The summed E-state index contributed by atoms with van der Waals surface area (Å²) in [6, 6.07) is 9.71. The number of hydrogen-bond donors (Lipinski definition) is 1. The van der Waals surface area contributed by atoms with Gasteiger partial charge in [-0.15, -0.1) is 0 Å². The lowest BCUT2D eigenvalue weighted by atomic mass is 9.85. The number of pyridine rings is 1. The van der Waals surface area contributed by atoms with Crippen LogP contribution in [0.1, 0.15) is 6.42 Å². The van der Waals surface area contributed by atoms with E-state index in [9.17, 15) is 0 Å². The average Bonchev–Trinajstić information content (AvgIpc) is 2.62. The maximum atomic E-state index is 5.96. The Morgan fingerprint density at radius 2 is 1.83 bits per heavy atom. The molecular formula is C19H23N3O2. The van der Waals surface area contributed by atoms with Crippen molar-refractivity contribution in [1.29, 1.82) is 0 Å². The Morgan fingerprint density at radius 3 is 2.62 bits per heavy atom. The summed E-state index contributed by atoms with van der Waals surface area (Å²) < 4.78 is 11.2. The molecule has 0 saturated carbocycles. The van der Waals surface area contributed by atoms with Gasteiger partial charge in [0.15, 0.2) is 0 Å². The molecule has 2 atom stereocenters.